The summed E-state index contributed by atoms with van der Waals surface area (Å²) in [6, 6.07) is 0.657. The molecule has 1 atom stereocenters. The molecule has 0 aliphatic carbocycles. The number of carbonyl (C=O) groups is 2. The highest BCUT2D eigenvalue weighted by atomic mass is 16.4. The predicted molar refractivity (Wildman–Crippen MR) is 57.0 cm³/mol. The lowest BCUT2D eigenvalue weighted by atomic mass is 10.1. The van der Waals surface area contributed by atoms with Crippen molar-refractivity contribution in [2.75, 3.05) is 0 Å². The van der Waals surface area contributed by atoms with Crippen LogP contribution in [-0.4, -0.2) is 33.2 Å². The van der Waals surface area contributed by atoms with Crippen molar-refractivity contribution in [1.82, 2.24) is 15.5 Å². The third-order valence-electron chi connectivity index (χ3n) is 2.20. The van der Waals surface area contributed by atoms with E-state index in [4.69, 9.17) is 5.11 Å². The van der Waals surface area contributed by atoms with Crippen molar-refractivity contribution < 1.29 is 14.7 Å². The standard InChI is InChI=1S/C10H15N3O3/c1-2-3-4-8(10(15)16)12-9(14)7-5-6-11-13-7/h5-6,8H,2-4H2,1H3,(H,11,13)(H,12,14)(H,15,16)/t8-/m0/s1. The van der Waals surface area contributed by atoms with Crippen LogP contribution in [0.15, 0.2) is 12.3 Å². The summed E-state index contributed by atoms with van der Waals surface area (Å²) in [5.74, 6) is -1.46. The number of nitrogens with one attached hydrogen (secondary N) is 2. The Morgan fingerprint density at radius 2 is 2.38 bits per heavy atom. The molecule has 6 nitrogen and oxygen atoms in total. The zero-order chi connectivity index (χ0) is 12.0. The van der Waals surface area contributed by atoms with Gasteiger partial charge in [0, 0.05) is 6.20 Å². The van der Waals surface area contributed by atoms with E-state index in [0.29, 0.717) is 6.42 Å². The Kier molecular flexibility index (Phi) is 4.50. The number of H-pyrrole nitrogens is 1. The molecule has 0 saturated heterocycles. The Morgan fingerprint density at radius 3 is 2.88 bits per heavy atom. The van der Waals surface area contributed by atoms with Crippen molar-refractivity contribution in [3.05, 3.63) is 18.0 Å². The first-order valence-corrected chi connectivity index (χ1v) is 5.18. The first-order chi connectivity index (χ1) is 7.65. The van der Waals surface area contributed by atoms with Crippen LogP contribution in [0.1, 0.15) is 36.7 Å². The van der Waals surface area contributed by atoms with E-state index in [-0.39, 0.29) is 5.69 Å². The van der Waals surface area contributed by atoms with Gasteiger partial charge in [-0.1, -0.05) is 19.8 Å². The van der Waals surface area contributed by atoms with Gasteiger partial charge in [0.15, 0.2) is 0 Å². The second-order valence-electron chi connectivity index (χ2n) is 3.48. The van der Waals surface area contributed by atoms with Gasteiger partial charge in [0.25, 0.3) is 5.91 Å². The molecule has 0 saturated carbocycles. The number of aliphatic carboxylic acids is 1. The van der Waals surface area contributed by atoms with E-state index < -0.39 is 17.9 Å². The number of carbonyl (C=O) groups excluding carboxylic acids is 1. The topological polar surface area (TPSA) is 95.1 Å². The summed E-state index contributed by atoms with van der Waals surface area (Å²) in [6.45, 7) is 1.97. The molecule has 88 valence electrons. The Bertz CT molecular complexity index is 348. The van der Waals surface area contributed by atoms with Crippen LogP contribution in [0, 0.1) is 0 Å². The molecule has 0 spiro atoms. The molecule has 1 heterocycles. The molecule has 1 rings (SSSR count). The van der Waals surface area contributed by atoms with E-state index in [9.17, 15) is 9.59 Å². The average molecular weight is 225 g/mol. The fourth-order valence-corrected chi connectivity index (χ4v) is 1.28. The molecule has 0 radical (unpaired) electrons. The molecular formula is C10H15N3O3. The Labute approximate surface area is 93.1 Å². The van der Waals surface area contributed by atoms with Gasteiger partial charge in [-0.15, -0.1) is 0 Å². The quantitative estimate of drug-likeness (QED) is 0.666. The van der Waals surface area contributed by atoms with Crippen LogP contribution in [0.5, 0.6) is 0 Å². The van der Waals surface area contributed by atoms with Crippen LogP contribution in [0.4, 0.5) is 0 Å². The van der Waals surface area contributed by atoms with Crippen molar-refractivity contribution in [2.24, 2.45) is 0 Å². The lowest BCUT2D eigenvalue weighted by molar-refractivity contribution is -0.139. The van der Waals surface area contributed by atoms with E-state index in [1.54, 1.807) is 0 Å². The van der Waals surface area contributed by atoms with E-state index in [0.717, 1.165) is 12.8 Å². The van der Waals surface area contributed by atoms with Gasteiger partial charge in [0.1, 0.15) is 11.7 Å². The SMILES string of the molecule is CCCC[C@H](NC(=O)c1ccn[nH]1)C(=O)O. The minimum Gasteiger partial charge on any atom is -0.480 e. The van der Waals surface area contributed by atoms with Crippen LogP contribution in [0.3, 0.4) is 0 Å². The molecule has 0 aromatic carbocycles. The maximum Gasteiger partial charge on any atom is 0.326 e. The first kappa shape index (κ1) is 12.2. The summed E-state index contributed by atoms with van der Waals surface area (Å²) in [5, 5.41) is 17.5. The average Bonchev–Trinajstić information content (AvgIpc) is 2.76. The molecule has 16 heavy (non-hydrogen) atoms. The normalized spacial score (nSPS) is 12.1. The van der Waals surface area contributed by atoms with Gasteiger partial charge in [0.05, 0.1) is 0 Å². The van der Waals surface area contributed by atoms with Crippen LogP contribution >= 0.6 is 0 Å². The lowest BCUT2D eigenvalue weighted by Crippen LogP contribution is -2.40. The molecule has 0 fully saturated rings. The monoisotopic (exact) mass is 225 g/mol. The Hall–Kier alpha value is -1.85. The van der Waals surface area contributed by atoms with Crippen LogP contribution < -0.4 is 5.32 Å². The second kappa shape index (κ2) is 5.89. The van der Waals surface area contributed by atoms with E-state index in [2.05, 4.69) is 15.5 Å². The summed E-state index contributed by atoms with van der Waals surface area (Å²) >= 11 is 0. The molecule has 0 aliphatic rings. The van der Waals surface area contributed by atoms with E-state index in [1.807, 2.05) is 6.92 Å². The molecular weight excluding hydrogens is 210 g/mol. The summed E-state index contributed by atoms with van der Waals surface area (Å²) in [4.78, 5) is 22.4. The zero-order valence-corrected chi connectivity index (χ0v) is 9.06. The van der Waals surface area contributed by atoms with Crippen molar-refractivity contribution in [2.45, 2.75) is 32.2 Å². The third-order valence-corrected chi connectivity index (χ3v) is 2.20. The molecule has 3 N–H and O–H groups in total. The van der Waals surface area contributed by atoms with Gasteiger partial charge in [-0.25, -0.2) is 4.79 Å². The number of unbranched alkanes of at least 4 members (excludes halogenated alkanes) is 1. The maximum absolute atomic E-state index is 11.5. The minimum absolute atomic E-state index is 0.266. The van der Waals surface area contributed by atoms with Gasteiger partial charge >= 0.3 is 5.97 Å². The van der Waals surface area contributed by atoms with Gasteiger partial charge in [-0.3, -0.25) is 9.89 Å². The highest BCUT2D eigenvalue weighted by molar-refractivity contribution is 5.94. The molecule has 0 unspecified atom stereocenters. The second-order valence-corrected chi connectivity index (χ2v) is 3.48. The summed E-state index contributed by atoms with van der Waals surface area (Å²) in [5.41, 5.74) is 0.266. The molecule has 6 heteroatoms. The largest absolute Gasteiger partial charge is 0.480 e. The number of carboxylic acid groups (broad SMARTS) is 1. The summed E-state index contributed by atoms with van der Waals surface area (Å²) < 4.78 is 0. The third kappa shape index (κ3) is 3.38. The molecule has 1 aromatic heterocycles. The summed E-state index contributed by atoms with van der Waals surface area (Å²) in [7, 11) is 0. The van der Waals surface area contributed by atoms with E-state index in [1.165, 1.54) is 12.3 Å². The fourth-order valence-electron chi connectivity index (χ4n) is 1.28. The highest BCUT2D eigenvalue weighted by Crippen LogP contribution is 2.02. The van der Waals surface area contributed by atoms with Crippen molar-refractivity contribution in [3.63, 3.8) is 0 Å². The maximum atomic E-state index is 11.5. The van der Waals surface area contributed by atoms with Gasteiger partial charge in [-0.2, -0.15) is 5.10 Å². The zero-order valence-electron chi connectivity index (χ0n) is 9.06. The Balaban J connectivity index is 2.54. The first-order valence-electron chi connectivity index (χ1n) is 5.18. The lowest BCUT2D eigenvalue weighted by Gasteiger charge is -2.12. The number of carboxylic acids is 1. The van der Waals surface area contributed by atoms with Crippen molar-refractivity contribution >= 4 is 11.9 Å². The predicted octanol–water partition coefficient (Wildman–Crippen LogP) is 0.783. The Morgan fingerprint density at radius 1 is 1.62 bits per heavy atom. The van der Waals surface area contributed by atoms with Crippen molar-refractivity contribution in [1.29, 1.82) is 0 Å². The highest BCUT2D eigenvalue weighted by Gasteiger charge is 2.20. The minimum atomic E-state index is -1.01. The van der Waals surface area contributed by atoms with E-state index >= 15 is 0 Å². The number of hydrogen-bond acceptors (Lipinski definition) is 3. The number of hydrogen-bond donors (Lipinski definition) is 3. The number of rotatable bonds is 6. The summed E-state index contributed by atoms with van der Waals surface area (Å²) in [6.07, 6.45) is 3.53. The van der Waals surface area contributed by atoms with Crippen LogP contribution in [0.2, 0.25) is 0 Å². The molecule has 1 aromatic rings. The van der Waals surface area contributed by atoms with Gasteiger partial charge in [0.2, 0.25) is 0 Å². The number of aromatic amines is 1. The molecule has 0 aliphatic heterocycles. The van der Waals surface area contributed by atoms with Gasteiger partial charge in [-0.05, 0) is 12.5 Å². The number of nitrogens with zero attached hydrogens (tertiary/aromatic N) is 1. The van der Waals surface area contributed by atoms with Crippen LogP contribution in [-0.2, 0) is 4.79 Å². The fraction of sp³-hybridized carbons (Fsp3) is 0.500. The van der Waals surface area contributed by atoms with Crippen LogP contribution in [0.25, 0.3) is 0 Å². The number of amides is 1. The van der Waals surface area contributed by atoms with Crippen molar-refractivity contribution in [3.8, 4) is 0 Å². The smallest absolute Gasteiger partial charge is 0.326 e. The number of aromatic nitrogens is 2. The molecule has 1 amide bonds. The molecule has 0 bridgehead atoms. The van der Waals surface area contributed by atoms with Gasteiger partial charge < -0.3 is 10.4 Å².